The Hall–Kier alpha value is -3.97. The van der Waals surface area contributed by atoms with E-state index in [0.717, 1.165) is 44.4 Å². The number of fused-ring (bicyclic) bond motifs is 1. The number of H-pyrrole nitrogens is 1. The number of aryl methyl sites for hydroxylation is 2. The molecule has 3 heterocycles. The maximum Gasteiger partial charge on any atom is 0.251 e. The van der Waals surface area contributed by atoms with Gasteiger partial charge in [0.25, 0.3) is 5.56 Å². The molecule has 1 atom stereocenters. The zero-order chi connectivity index (χ0) is 22.2. The highest BCUT2D eigenvalue weighted by molar-refractivity contribution is 5.95. The molecule has 0 amide bonds. The molecule has 7 nitrogen and oxygen atoms in total. The molecule has 0 radical (unpaired) electrons. The summed E-state index contributed by atoms with van der Waals surface area (Å²) in [5.41, 5.74) is 6.23. The van der Waals surface area contributed by atoms with Gasteiger partial charge in [-0.3, -0.25) is 14.6 Å². The standard InChI is InChI=1S/C25H23N5O2/c1-16-4-3-5-19(10-16)23(15-31)30-9-8-18(12-24(30)32)17-6-7-22-21(11-17)25(28-27-22)20-13-26-29(2)14-20/h3-14,23,31H,15H2,1-2H3,(H,27,28)/t23-/m1/s1. The number of hydrogen-bond donors (Lipinski definition) is 2. The lowest BCUT2D eigenvalue weighted by Crippen LogP contribution is -2.26. The van der Waals surface area contributed by atoms with Gasteiger partial charge >= 0.3 is 0 Å². The summed E-state index contributed by atoms with van der Waals surface area (Å²) in [7, 11) is 1.87. The van der Waals surface area contributed by atoms with Gasteiger partial charge in [-0.2, -0.15) is 10.2 Å². The van der Waals surface area contributed by atoms with Crippen molar-refractivity contribution in [3.05, 3.63) is 94.7 Å². The van der Waals surface area contributed by atoms with Gasteiger partial charge in [0.05, 0.1) is 24.4 Å². The Labute approximate surface area is 184 Å². The lowest BCUT2D eigenvalue weighted by atomic mass is 10.0. The summed E-state index contributed by atoms with van der Waals surface area (Å²) < 4.78 is 3.32. The Balaban J connectivity index is 1.54. The Morgan fingerprint density at radius 3 is 2.62 bits per heavy atom. The number of nitrogens with zero attached hydrogens (tertiary/aromatic N) is 4. The number of benzene rings is 2. The van der Waals surface area contributed by atoms with Gasteiger partial charge in [0.1, 0.15) is 5.69 Å². The van der Waals surface area contributed by atoms with Crippen LogP contribution in [0.4, 0.5) is 0 Å². The fraction of sp³-hybridized carbons (Fsp3) is 0.160. The van der Waals surface area contributed by atoms with Crippen LogP contribution in [0.5, 0.6) is 0 Å². The smallest absolute Gasteiger partial charge is 0.251 e. The second kappa shape index (κ2) is 7.94. The van der Waals surface area contributed by atoms with Crippen LogP contribution in [0.15, 0.2) is 78.0 Å². The third-order valence-electron chi connectivity index (χ3n) is 5.76. The largest absolute Gasteiger partial charge is 0.394 e. The highest BCUT2D eigenvalue weighted by atomic mass is 16.3. The van der Waals surface area contributed by atoms with E-state index in [4.69, 9.17) is 0 Å². The van der Waals surface area contributed by atoms with Crippen molar-refractivity contribution in [2.24, 2.45) is 7.05 Å². The van der Waals surface area contributed by atoms with Gasteiger partial charge in [-0.05, 0) is 41.8 Å². The van der Waals surface area contributed by atoms with Gasteiger partial charge in [0, 0.05) is 36.5 Å². The van der Waals surface area contributed by atoms with Gasteiger partial charge in [0.15, 0.2) is 0 Å². The number of nitrogens with one attached hydrogen (secondary N) is 1. The first-order valence-corrected chi connectivity index (χ1v) is 10.4. The van der Waals surface area contributed by atoms with Crippen LogP contribution in [-0.4, -0.2) is 36.3 Å². The quantitative estimate of drug-likeness (QED) is 0.450. The summed E-state index contributed by atoms with van der Waals surface area (Å²) in [5.74, 6) is 0. The Morgan fingerprint density at radius 2 is 1.91 bits per heavy atom. The zero-order valence-electron chi connectivity index (χ0n) is 17.9. The molecule has 160 valence electrons. The number of aromatic nitrogens is 5. The maximum absolute atomic E-state index is 13.0. The van der Waals surface area contributed by atoms with Gasteiger partial charge in [-0.1, -0.05) is 35.9 Å². The molecule has 0 unspecified atom stereocenters. The van der Waals surface area contributed by atoms with E-state index in [0.29, 0.717) is 0 Å². The number of aliphatic hydroxyl groups excluding tert-OH is 1. The van der Waals surface area contributed by atoms with Crippen LogP contribution < -0.4 is 5.56 Å². The minimum Gasteiger partial charge on any atom is -0.394 e. The minimum absolute atomic E-state index is 0.155. The highest BCUT2D eigenvalue weighted by Gasteiger charge is 2.16. The molecule has 3 aromatic heterocycles. The van der Waals surface area contributed by atoms with Crippen LogP contribution in [0.1, 0.15) is 17.2 Å². The number of pyridine rings is 1. The number of aromatic amines is 1. The van der Waals surface area contributed by atoms with Crippen molar-refractivity contribution >= 4 is 10.9 Å². The summed E-state index contributed by atoms with van der Waals surface area (Å²) in [6, 6.07) is 16.9. The predicted molar refractivity (Wildman–Crippen MR) is 124 cm³/mol. The molecule has 0 aliphatic heterocycles. The molecule has 0 bridgehead atoms. The van der Waals surface area contributed by atoms with Crippen LogP contribution in [0.2, 0.25) is 0 Å². The van der Waals surface area contributed by atoms with Crippen LogP contribution in [0, 0.1) is 6.92 Å². The average Bonchev–Trinajstić information content (AvgIpc) is 3.40. The van der Waals surface area contributed by atoms with Crippen LogP contribution >= 0.6 is 0 Å². The fourth-order valence-electron chi connectivity index (χ4n) is 4.12. The summed E-state index contributed by atoms with van der Waals surface area (Å²) >= 11 is 0. The third kappa shape index (κ3) is 3.52. The summed E-state index contributed by atoms with van der Waals surface area (Å²) in [6.07, 6.45) is 5.45. The summed E-state index contributed by atoms with van der Waals surface area (Å²) in [4.78, 5) is 13.0. The van der Waals surface area contributed by atoms with Crippen molar-refractivity contribution < 1.29 is 5.11 Å². The molecule has 5 aromatic rings. The van der Waals surface area contributed by atoms with E-state index in [2.05, 4.69) is 15.3 Å². The minimum atomic E-state index is -0.426. The second-order valence-corrected chi connectivity index (χ2v) is 8.01. The Morgan fingerprint density at radius 1 is 1.06 bits per heavy atom. The van der Waals surface area contributed by atoms with Gasteiger partial charge in [-0.25, -0.2) is 0 Å². The number of hydrogen-bond acceptors (Lipinski definition) is 4. The second-order valence-electron chi connectivity index (χ2n) is 8.01. The molecular weight excluding hydrogens is 402 g/mol. The zero-order valence-corrected chi connectivity index (χ0v) is 17.9. The molecule has 0 aliphatic rings. The predicted octanol–water partition coefficient (Wildman–Crippen LogP) is 3.68. The van der Waals surface area contributed by atoms with Crippen molar-refractivity contribution in [3.8, 4) is 22.4 Å². The molecule has 7 heteroatoms. The first-order chi connectivity index (χ1) is 15.5. The molecule has 2 aromatic carbocycles. The summed E-state index contributed by atoms with van der Waals surface area (Å²) in [6.45, 7) is 1.84. The monoisotopic (exact) mass is 425 g/mol. The molecule has 0 spiro atoms. The molecule has 32 heavy (non-hydrogen) atoms. The van der Waals surface area contributed by atoms with Crippen LogP contribution in [0.3, 0.4) is 0 Å². The third-order valence-corrected chi connectivity index (χ3v) is 5.76. The SMILES string of the molecule is Cc1cccc([C@@H](CO)n2ccc(-c3ccc4[nH]nc(-c5cnn(C)c5)c4c3)cc2=O)c1. The average molecular weight is 425 g/mol. The van der Waals surface area contributed by atoms with Gasteiger partial charge in [-0.15, -0.1) is 0 Å². The maximum atomic E-state index is 13.0. The lowest BCUT2D eigenvalue weighted by molar-refractivity contribution is 0.247. The van der Waals surface area contributed by atoms with Crippen molar-refractivity contribution in [1.29, 1.82) is 0 Å². The van der Waals surface area contributed by atoms with E-state index in [1.54, 1.807) is 27.7 Å². The topological polar surface area (TPSA) is 88.7 Å². The van der Waals surface area contributed by atoms with Crippen molar-refractivity contribution in [2.45, 2.75) is 13.0 Å². The first-order valence-electron chi connectivity index (χ1n) is 10.4. The molecule has 0 saturated carbocycles. The van der Waals surface area contributed by atoms with E-state index in [9.17, 15) is 9.90 Å². The van der Waals surface area contributed by atoms with Gasteiger partial charge < -0.3 is 9.67 Å². The highest BCUT2D eigenvalue weighted by Crippen LogP contribution is 2.30. The summed E-state index contributed by atoms with van der Waals surface area (Å²) in [5, 5.41) is 22.7. The first kappa shape index (κ1) is 20.0. The fourth-order valence-corrected chi connectivity index (χ4v) is 4.12. The van der Waals surface area contributed by atoms with E-state index in [1.807, 2.05) is 68.7 Å². The van der Waals surface area contributed by atoms with Crippen LogP contribution in [0.25, 0.3) is 33.3 Å². The molecule has 0 fully saturated rings. The molecule has 2 N–H and O–H groups in total. The van der Waals surface area contributed by atoms with E-state index < -0.39 is 6.04 Å². The molecular formula is C25H23N5O2. The van der Waals surface area contributed by atoms with Crippen molar-refractivity contribution in [1.82, 2.24) is 24.5 Å². The van der Waals surface area contributed by atoms with E-state index in [1.165, 1.54) is 0 Å². The van der Waals surface area contributed by atoms with E-state index >= 15 is 0 Å². The lowest BCUT2D eigenvalue weighted by Gasteiger charge is -2.19. The Bertz CT molecular complexity index is 1480. The number of aliphatic hydroxyl groups is 1. The van der Waals surface area contributed by atoms with E-state index in [-0.39, 0.29) is 12.2 Å². The normalized spacial score (nSPS) is 12.3. The van der Waals surface area contributed by atoms with Gasteiger partial charge in [0.2, 0.25) is 0 Å². The van der Waals surface area contributed by atoms with Crippen molar-refractivity contribution in [3.63, 3.8) is 0 Å². The molecule has 0 aliphatic carbocycles. The van der Waals surface area contributed by atoms with Crippen molar-refractivity contribution in [2.75, 3.05) is 6.61 Å². The number of rotatable bonds is 5. The Kier molecular flexibility index (Phi) is 4.95. The van der Waals surface area contributed by atoms with Crippen LogP contribution in [-0.2, 0) is 7.05 Å². The molecule has 0 saturated heterocycles. The molecule has 5 rings (SSSR count).